The fourth-order valence-electron chi connectivity index (χ4n) is 18.5. The molecule has 0 N–H and O–H groups in total. The number of hydrogen-bond donors (Lipinski definition) is 0. The van der Waals surface area contributed by atoms with Crippen LogP contribution in [0.25, 0.3) is 55.0 Å². The van der Waals surface area contributed by atoms with E-state index in [1.54, 1.807) is 0 Å². The summed E-state index contributed by atoms with van der Waals surface area (Å²) in [5.74, 6) is 0. The Balaban J connectivity index is 0.870. The van der Waals surface area contributed by atoms with Crippen LogP contribution in [0.4, 0.5) is 0 Å². The van der Waals surface area contributed by atoms with Gasteiger partial charge in [0.1, 0.15) is 0 Å². The molecule has 0 aliphatic heterocycles. The van der Waals surface area contributed by atoms with Crippen molar-refractivity contribution in [2.75, 3.05) is 0 Å². The SMILES string of the molecule is c1ccc([Si](c2ccccc2)(c2ccccc2)c2ccc3c(c2)c2cc([Si](c4ccccc4)(c4ccccc4)c4ccccc4)ccc2n3-c2ccc(-n3c4ccc([Si](c5ccccc5)(c5ccccc5)c5ccccc5)cc4c4cc([Si](c5ccccc5)(c5ccccc5)c5ccccc5)ccc43)cc2)cc1. The number of hydrogen-bond acceptors (Lipinski definition) is 0. The Kier molecular flexibility index (Phi) is 17.0. The van der Waals surface area contributed by atoms with Crippen molar-refractivity contribution in [3.63, 3.8) is 0 Å². The standard InChI is InChI=1S/C102H76N2Si4/c1-13-37-79(38-14-1)105(80-39-15-2-16-40-80,81-41-17-3-18-42-81)91-65-69-99-95(73-91)96-74-92(106(82-43-19-4-20-44-82,83-45-21-5-22-46-83)84-47-23-6-24-48-84)66-70-100(96)103(99)77-61-63-78(64-62-77)104-101-71-67-93(107(85-49-25-7-26-50-85,86-51-27-8-28-52-86)87-53-29-9-30-54-87)75-97(101)98-76-94(68-72-102(98)104)108(88-55-31-10-32-56-88,89-57-33-11-34-58-89)90-59-35-12-36-60-90/h1-76H. The first kappa shape index (κ1) is 65.9. The molecule has 0 amide bonds. The van der Waals surface area contributed by atoms with Crippen LogP contribution in [-0.2, 0) is 0 Å². The minimum Gasteiger partial charge on any atom is -0.309 e. The van der Waals surface area contributed by atoms with Gasteiger partial charge in [-0.25, -0.2) is 0 Å². The fourth-order valence-corrected chi connectivity index (χ4v) is 37.6. The average molecular weight is 1440 g/mol. The summed E-state index contributed by atoms with van der Waals surface area (Å²) < 4.78 is 5.09. The highest BCUT2D eigenvalue weighted by Gasteiger charge is 2.46. The summed E-state index contributed by atoms with van der Waals surface area (Å²) in [6.07, 6.45) is 0. The molecule has 0 spiro atoms. The summed E-state index contributed by atoms with van der Waals surface area (Å²) in [7, 11) is -12.0. The monoisotopic (exact) mass is 1440 g/mol. The van der Waals surface area contributed by atoms with Gasteiger partial charge in [-0.3, -0.25) is 0 Å². The Morgan fingerprint density at radius 2 is 0.250 bits per heavy atom. The van der Waals surface area contributed by atoms with E-state index in [1.807, 2.05) is 0 Å². The van der Waals surface area contributed by atoms with Crippen LogP contribution in [0.1, 0.15) is 0 Å². The van der Waals surface area contributed by atoms with Gasteiger partial charge < -0.3 is 9.13 Å². The highest BCUT2D eigenvalue weighted by Crippen LogP contribution is 2.36. The second-order valence-electron chi connectivity index (χ2n) is 28.5. The highest BCUT2D eigenvalue weighted by molar-refractivity contribution is 7.22. The van der Waals surface area contributed by atoms with E-state index in [0.717, 1.165) is 33.4 Å². The van der Waals surface area contributed by atoms with Gasteiger partial charge in [0.05, 0.1) is 22.1 Å². The zero-order valence-corrected chi connectivity index (χ0v) is 63.8. The van der Waals surface area contributed by atoms with E-state index < -0.39 is 32.3 Å². The van der Waals surface area contributed by atoms with Gasteiger partial charge in [-0.2, -0.15) is 0 Å². The number of aromatic nitrogens is 2. The van der Waals surface area contributed by atoms with Crippen LogP contribution in [0.2, 0.25) is 0 Å². The van der Waals surface area contributed by atoms with Gasteiger partial charge in [0, 0.05) is 32.9 Å². The zero-order valence-electron chi connectivity index (χ0n) is 59.8. The molecule has 19 aromatic rings. The molecule has 2 aromatic heterocycles. The molecular formula is C102H76N2Si4. The highest BCUT2D eigenvalue weighted by atomic mass is 28.3. The number of nitrogens with zero attached hydrogens (tertiary/aromatic N) is 2. The molecule has 0 radical (unpaired) electrons. The van der Waals surface area contributed by atoms with Crippen LogP contribution >= 0.6 is 0 Å². The van der Waals surface area contributed by atoms with Crippen LogP contribution in [0.3, 0.4) is 0 Å². The van der Waals surface area contributed by atoms with Crippen LogP contribution < -0.4 is 83.0 Å². The predicted octanol–water partition coefficient (Wildman–Crippen LogP) is 13.4. The van der Waals surface area contributed by atoms with E-state index in [2.05, 4.69) is 470 Å². The molecule has 0 unspecified atom stereocenters. The second-order valence-corrected chi connectivity index (χ2v) is 43.7. The molecule has 0 aliphatic rings. The molecule has 0 saturated carbocycles. The summed E-state index contributed by atoms with van der Waals surface area (Å²) in [5.41, 5.74) is 6.81. The molecule has 0 saturated heterocycles. The second kappa shape index (κ2) is 27.9. The first-order valence-electron chi connectivity index (χ1n) is 37.5. The Hall–Kier alpha value is -12.8. The Morgan fingerprint density at radius 1 is 0.120 bits per heavy atom. The zero-order chi connectivity index (χ0) is 71.9. The van der Waals surface area contributed by atoms with Crippen molar-refractivity contribution in [3.8, 4) is 11.4 Å². The third-order valence-corrected chi connectivity index (χ3v) is 42.2. The van der Waals surface area contributed by atoms with E-state index in [4.69, 9.17) is 0 Å². The summed E-state index contributed by atoms with van der Waals surface area (Å²) >= 11 is 0. The Morgan fingerprint density at radius 3 is 0.380 bits per heavy atom. The van der Waals surface area contributed by atoms with Crippen LogP contribution in [0.15, 0.2) is 461 Å². The van der Waals surface area contributed by atoms with Gasteiger partial charge in [-0.15, -0.1) is 0 Å². The Labute approximate surface area is 635 Å². The fraction of sp³-hybridized carbons (Fsp3) is 0. The molecule has 2 heterocycles. The third-order valence-electron chi connectivity index (χ3n) is 23.1. The number of fused-ring (bicyclic) bond motifs is 6. The summed E-state index contributed by atoms with van der Waals surface area (Å²) in [5, 5.41) is 26.4. The number of benzene rings is 17. The minimum atomic E-state index is -3.00. The van der Waals surface area contributed by atoms with Crippen LogP contribution in [-0.4, -0.2) is 41.4 Å². The van der Waals surface area contributed by atoms with Crippen LogP contribution in [0.5, 0.6) is 0 Å². The predicted molar refractivity (Wildman–Crippen MR) is 470 cm³/mol. The average Bonchev–Trinajstić information content (AvgIpc) is 1.48. The smallest absolute Gasteiger partial charge is 0.179 e. The van der Waals surface area contributed by atoms with E-state index in [-0.39, 0.29) is 0 Å². The molecule has 17 aromatic carbocycles. The van der Waals surface area contributed by atoms with E-state index in [0.29, 0.717) is 0 Å². The number of rotatable bonds is 18. The first-order chi connectivity index (χ1) is 53.6. The molecular weight excluding hydrogens is 1370 g/mol. The molecule has 19 rings (SSSR count). The van der Waals surface area contributed by atoms with Gasteiger partial charge in [-0.1, -0.05) is 413 Å². The minimum absolute atomic E-state index is 1.09. The van der Waals surface area contributed by atoms with Gasteiger partial charge in [0.25, 0.3) is 0 Å². The molecule has 0 bridgehead atoms. The molecule has 6 heteroatoms. The summed E-state index contributed by atoms with van der Waals surface area (Å²) in [4.78, 5) is 0. The van der Waals surface area contributed by atoms with Crippen molar-refractivity contribution < 1.29 is 0 Å². The van der Waals surface area contributed by atoms with Crippen molar-refractivity contribution >= 4 is 159 Å². The molecule has 108 heavy (non-hydrogen) atoms. The molecule has 0 aliphatic carbocycles. The topological polar surface area (TPSA) is 9.86 Å². The van der Waals surface area contributed by atoms with Crippen molar-refractivity contribution in [1.29, 1.82) is 0 Å². The Bertz CT molecular complexity index is 5210. The largest absolute Gasteiger partial charge is 0.309 e. The lowest BCUT2D eigenvalue weighted by Crippen LogP contribution is -2.74. The third kappa shape index (κ3) is 10.6. The van der Waals surface area contributed by atoms with E-state index >= 15 is 0 Å². The summed E-state index contributed by atoms with van der Waals surface area (Å²) in [6.45, 7) is 0. The van der Waals surface area contributed by atoms with Gasteiger partial charge in [0.2, 0.25) is 0 Å². The normalized spacial score (nSPS) is 12.1. The maximum Gasteiger partial charge on any atom is 0.179 e. The molecule has 2 nitrogen and oxygen atoms in total. The van der Waals surface area contributed by atoms with E-state index in [1.165, 1.54) is 105 Å². The summed E-state index contributed by atoms with van der Waals surface area (Å²) in [6, 6.07) is 176. The van der Waals surface area contributed by atoms with Gasteiger partial charge in [-0.05, 0) is 132 Å². The molecule has 0 fully saturated rings. The first-order valence-corrected chi connectivity index (χ1v) is 45.5. The van der Waals surface area contributed by atoms with Crippen molar-refractivity contribution in [3.05, 3.63) is 461 Å². The lowest BCUT2D eigenvalue weighted by atomic mass is 10.1. The quantitative estimate of drug-likeness (QED) is 0.0599. The van der Waals surface area contributed by atoms with Crippen molar-refractivity contribution in [2.45, 2.75) is 0 Å². The van der Waals surface area contributed by atoms with E-state index in [9.17, 15) is 0 Å². The molecule has 510 valence electrons. The maximum absolute atomic E-state index is 3.00. The van der Waals surface area contributed by atoms with Crippen molar-refractivity contribution in [1.82, 2.24) is 9.13 Å². The van der Waals surface area contributed by atoms with Crippen molar-refractivity contribution in [2.24, 2.45) is 0 Å². The lowest BCUT2D eigenvalue weighted by molar-refractivity contribution is 1.14. The lowest BCUT2D eigenvalue weighted by Gasteiger charge is -2.34. The van der Waals surface area contributed by atoms with Crippen LogP contribution in [0, 0.1) is 0 Å². The van der Waals surface area contributed by atoms with Gasteiger partial charge >= 0.3 is 0 Å². The maximum atomic E-state index is 2.60. The molecule has 0 atom stereocenters. The van der Waals surface area contributed by atoms with Gasteiger partial charge in [0.15, 0.2) is 32.3 Å².